The molecule has 22 heavy (non-hydrogen) atoms. The SMILES string of the molecule is O=C(N[C@H]1C[C@H]2CO[C@@H](C3CC3)CN2C1)c1cccc(O)c1. The van der Waals surface area contributed by atoms with E-state index in [2.05, 4.69) is 10.2 Å². The van der Waals surface area contributed by atoms with Crippen LogP contribution in [0.15, 0.2) is 24.3 Å². The largest absolute Gasteiger partial charge is 0.508 e. The molecule has 3 atom stereocenters. The van der Waals surface area contributed by atoms with Crippen LogP contribution in [0, 0.1) is 5.92 Å². The summed E-state index contributed by atoms with van der Waals surface area (Å²) in [6.07, 6.45) is 3.96. The Morgan fingerprint density at radius 2 is 2.18 bits per heavy atom. The number of nitrogens with one attached hydrogen (secondary N) is 1. The van der Waals surface area contributed by atoms with E-state index in [1.807, 2.05) is 0 Å². The van der Waals surface area contributed by atoms with E-state index in [0.717, 1.165) is 32.0 Å². The number of phenols is 1. The molecule has 1 aromatic carbocycles. The Morgan fingerprint density at radius 3 is 2.95 bits per heavy atom. The van der Waals surface area contributed by atoms with Crippen molar-refractivity contribution in [2.24, 2.45) is 5.92 Å². The summed E-state index contributed by atoms with van der Waals surface area (Å²) in [5.74, 6) is 0.777. The molecule has 0 bridgehead atoms. The zero-order valence-electron chi connectivity index (χ0n) is 12.6. The highest BCUT2D eigenvalue weighted by Crippen LogP contribution is 2.37. The van der Waals surface area contributed by atoms with Gasteiger partial charge in [0.05, 0.1) is 12.7 Å². The van der Waals surface area contributed by atoms with E-state index in [4.69, 9.17) is 4.74 Å². The number of hydrogen-bond donors (Lipinski definition) is 2. The van der Waals surface area contributed by atoms with Crippen molar-refractivity contribution in [3.8, 4) is 5.75 Å². The average molecular weight is 302 g/mol. The van der Waals surface area contributed by atoms with Crippen LogP contribution in [0.3, 0.4) is 0 Å². The van der Waals surface area contributed by atoms with Gasteiger partial charge in [-0.15, -0.1) is 0 Å². The first-order valence-electron chi connectivity index (χ1n) is 8.14. The molecule has 2 saturated heterocycles. The molecule has 1 amide bonds. The molecular formula is C17H22N2O3. The zero-order valence-corrected chi connectivity index (χ0v) is 12.6. The molecule has 1 aliphatic carbocycles. The molecule has 0 aromatic heterocycles. The minimum Gasteiger partial charge on any atom is -0.508 e. The number of fused-ring (bicyclic) bond motifs is 1. The molecule has 2 aliphatic heterocycles. The van der Waals surface area contributed by atoms with Crippen molar-refractivity contribution in [3.63, 3.8) is 0 Å². The fraction of sp³-hybridized carbons (Fsp3) is 0.588. The van der Waals surface area contributed by atoms with Crippen LogP contribution in [0.2, 0.25) is 0 Å². The van der Waals surface area contributed by atoms with Crippen LogP contribution in [0.4, 0.5) is 0 Å². The molecule has 0 unspecified atom stereocenters. The van der Waals surface area contributed by atoms with Gasteiger partial charge in [0.15, 0.2) is 0 Å². The van der Waals surface area contributed by atoms with Gasteiger partial charge in [-0.25, -0.2) is 0 Å². The second-order valence-corrected chi connectivity index (χ2v) is 6.77. The van der Waals surface area contributed by atoms with E-state index in [1.54, 1.807) is 18.2 Å². The molecule has 0 radical (unpaired) electrons. The van der Waals surface area contributed by atoms with Gasteiger partial charge < -0.3 is 15.2 Å². The van der Waals surface area contributed by atoms with Crippen LogP contribution in [0.5, 0.6) is 5.75 Å². The number of carbonyl (C=O) groups excluding carboxylic acids is 1. The molecule has 2 N–H and O–H groups in total. The third kappa shape index (κ3) is 2.83. The van der Waals surface area contributed by atoms with Gasteiger partial charge in [-0.3, -0.25) is 9.69 Å². The molecule has 118 valence electrons. The summed E-state index contributed by atoms with van der Waals surface area (Å²) in [6.45, 7) is 2.70. The van der Waals surface area contributed by atoms with Gasteiger partial charge in [-0.1, -0.05) is 6.07 Å². The van der Waals surface area contributed by atoms with Gasteiger partial charge in [-0.2, -0.15) is 0 Å². The number of amides is 1. The van der Waals surface area contributed by atoms with Crippen molar-refractivity contribution in [1.29, 1.82) is 0 Å². The van der Waals surface area contributed by atoms with E-state index in [9.17, 15) is 9.90 Å². The minimum atomic E-state index is -0.111. The lowest BCUT2D eigenvalue weighted by atomic mass is 10.1. The molecule has 2 heterocycles. The normalized spacial score (nSPS) is 31.7. The number of carbonyl (C=O) groups is 1. The first-order valence-corrected chi connectivity index (χ1v) is 8.14. The highest BCUT2D eigenvalue weighted by Gasteiger charge is 2.42. The summed E-state index contributed by atoms with van der Waals surface area (Å²) in [5, 5.41) is 12.6. The van der Waals surface area contributed by atoms with Crippen LogP contribution < -0.4 is 5.32 Å². The molecule has 1 aromatic rings. The molecule has 3 fully saturated rings. The van der Waals surface area contributed by atoms with Crippen LogP contribution in [0.25, 0.3) is 0 Å². The van der Waals surface area contributed by atoms with Gasteiger partial charge in [0, 0.05) is 30.7 Å². The molecular weight excluding hydrogens is 280 g/mol. The van der Waals surface area contributed by atoms with Crippen LogP contribution in [-0.2, 0) is 4.74 Å². The molecule has 4 rings (SSSR count). The van der Waals surface area contributed by atoms with E-state index >= 15 is 0 Å². The number of rotatable bonds is 3. The first kappa shape index (κ1) is 14.0. The minimum absolute atomic E-state index is 0.111. The second-order valence-electron chi connectivity index (χ2n) is 6.77. The zero-order chi connectivity index (χ0) is 15.1. The number of morpholine rings is 1. The highest BCUT2D eigenvalue weighted by molar-refractivity contribution is 5.94. The lowest BCUT2D eigenvalue weighted by Gasteiger charge is -2.35. The summed E-state index contributed by atoms with van der Waals surface area (Å²) < 4.78 is 5.98. The second kappa shape index (κ2) is 5.56. The fourth-order valence-corrected chi connectivity index (χ4v) is 3.67. The Kier molecular flexibility index (Phi) is 3.54. The Labute approximate surface area is 130 Å². The van der Waals surface area contributed by atoms with Crippen molar-refractivity contribution >= 4 is 5.91 Å². The first-order chi connectivity index (χ1) is 10.7. The van der Waals surface area contributed by atoms with Crippen molar-refractivity contribution in [3.05, 3.63) is 29.8 Å². The van der Waals surface area contributed by atoms with Crippen LogP contribution >= 0.6 is 0 Å². The Bertz CT molecular complexity index is 573. The molecule has 1 saturated carbocycles. The number of ether oxygens (including phenoxy) is 1. The standard InChI is InChI=1S/C17H22N2O3/c20-15-3-1-2-12(6-15)17(21)18-13-7-14-10-22-16(11-4-5-11)9-19(14)8-13/h1-3,6,11,13-14,16,20H,4-5,7-10H2,(H,18,21)/t13-,14-,16+/m0/s1. The van der Waals surface area contributed by atoms with Crippen LogP contribution in [0.1, 0.15) is 29.6 Å². The van der Waals surface area contributed by atoms with Gasteiger partial charge in [0.25, 0.3) is 5.91 Å². The quantitative estimate of drug-likeness (QED) is 0.885. The molecule has 3 aliphatic rings. The number of aromatic hydroxyl groups is 1. The van der Waals surface area contributed by atoms with Crippen molar-refractivity contribution in [2.75, 3.05) is 19.7 Å². The summed E-state index contributed by atoms with van der Waals surface area (Å²) in [5.41, 5.74) is 0.511. The fourth-order valence-electron chi connectivity index (χ4n) is 3.67. The van der Waals surface area contributed by atoms with Crippen molar-refractivity contribution in [2.45, 2.75) is 37.5 Å². The number of hydrogen-bond acceptors (Lipinski definition) is 4. The van der Waals surface area contributed by atoms with E-state index in [1.165, 1.54) is 18.9 Å². The predicted octanol–water partition coefficient (Wildman–Crippen LogP) is 1.37. The van der Waals surface area contributed by atoms with E-state index < -0.39 is 0 Å². The number of nitrogens with zero attached hydrogens (tertiary/aromatic N) is 1. The maximum atomic E-state index is 12.3. The van der Waals surface area contributed by atoms with Crippen LogP contribution in [-0.4, -0.2) is 53.8 Å². The molecule has 5 heteroatoms. The molecule has 0 spiro atoms. The van der Waals surface area contributed by atoms with Gasteiger partial charge >= 0.3 is 0 Å². The average Bonchev–Trinajstić information content (AvgIpc) is 3.27. The predicted molar refractivity (Wildman–Crippen MR) is 81.8 cm³/mol. The third-order valence-electron chi connectivity index (χ3n) is 5.04. The smallest absolute Gasteiger partial charge is 0.251 e. The highest BCUT2D eigenvalue weighted by atomic mass is 16.5. The summed E-state index contributed by atoms with van der Waals surface area (Å²) in [6, 6.07) is 7.09. The lowest BCUT2D eigenvalue weighted by molar-refractivity contribution is -0.0581. The third-order valence-corrected chi connectivity index (χ3v) is 5.04. The summed E-state index contributed by atoms with van der Waals surface area (Å²) in [7, 11) is 0. The number of benzene rings is 1. The Morgan fingerprint density at radius 1 is 1.32 bits per heavy atom. The summed E-state index contributed by atoms with van der Waals surface area (Å²) in [4.78, 5) is 14.7. The Hall–Kier alpha value is -1.59. The van der Waals surface area contributed by atoms with Crippen molar-refractivity contribution < 1.29 is 14.6 Å². The Balaban J connectivity index is 1.35. The van der Waals surface area contributed by atoms with Gasteiger partial charge in [0.1, 0.15) is 5.75 Å². The number of phenolic OH excluding ortho intramolecular Hbond substituents is 1. The topological polar surface area (TPSA) is 61.8 Å². The maximum absolute atomic E-state index is 12.3. The molecule has 5 nitrogen and oxygen atoms in total. The van der Waals surface area contributed by atoms with E-state index in [0.29, 0.717) is 17.7 Å². The lowest BCUT2D eigenvalue weighted by Crippen LogP contribution is -2.47. The monoisotopic (exact) mass is 302 g/mol. The van der Waals surface area contributed by atoms with Gasteiger partial charge in [0.2, 0.25) is 0 Å². The van der Waals surface area contributed by atoms with E-state index in [-0.39, 0.29) is 17.7 Å². The maximum Gasteiger partial charge on any atom is 0.251 e. The van der Waals surface area contributed by atoms with Crippen molar-refractivity contribution in [1.82, 2.24) is 10.2 Å². The van der Waals surface area contributed by atoms with Gasteiger partial charge in [-0.05, 0) is 43.4 Å². The summed E-state index contributed by atoms with van der Waals surface area (Å²) >= 11 is 0.